The highest BCUT2D eigenvalue weighted by molar-refractivity contribution is 5.89. The van der Waals surface area contributed by atoms with Crippen molar-refractivity contribution in [1.82, 2.24) is 0 Å². The van der Waals surface area contributed by atoms with E-state index < -0.39 is 41.4 Å². The number of ether oxygens (including phenoxy) is 1. The first-order valence-electron chi connectivity index (χ1n) is 12.3. The van der Waals surface area contributed by atoms with E-state index in [1.807, 2.05) is 6.07 Å². The van der Waals surface area contributed by atoms with Crippen molar-refractivity contribution < 1.29 is 29.3 Å². The van der Waals surface area contributed by atoms with Gasteiger partial charge in [-0.15, -0.1) is 0 Å². The van der Waals surface area contributed by atoms with Gasteiger partial charge in [0.15, 0.2) is 0 Å². The van der Waals surface area contributed by atoms with Crippen molar-refractivity contribution in [3.8, 4) is 0 Å². The van der Waals surface area contributed by atoms with E-state index in [4.69, 9.17) is 4.74 Å². The molecule has 1 aromatic carbocycles. The van der Waals surface area contributed by atoms with E-state index in [1.165, 1.54) is 0 Å². The van der Waals surface area contributed by atoms with E-state index >= 15 is 0 Å². The van der Waals surface area contributed by atoms with E-state index in [0.717, 1.165) is 25.7 Å². The molecule has 0 aliphatic heterocycles. The van der Waals surface area contributed by atoms with Gasteiger partial charge in [-0.2, -0.15) is 0 Å². The summed E-state index contributed by atoms with van der Waals surface area (Å²) in [6.07, 6.45) is 4.70. The lowest BCUT2D eigenvalue weighted by atomic mass is 9.37. The number of rotatable bonds is 4. The van der Waals surface area contributed by atoms with Crippen LogP contribution in [0.3, 0.4) is 0 Å². The molecule has 2 N–H and O–H groups in total. The molecule has 33 heavy (non-hydrogen) atoms. The van der Waals surface area contributed by atoms with Crippen molar-refractivity contribution in [1.29, 1.82) is 0 Å². The van der Waals surface area contributed by atoms with Gasteiger partial charge in [0.25, 0.3) is 0 Å². The van der Waals surface area contributed by atoms with Crippen molar-refractivity contribution in [3.05, 3.63) is 35.9 Å². The minimum Gasteiger partial charge on any atom is -0.481 e. The van der Waals surface area contributed by atoms with E-state index in [2.05, 4.69) is 13.8 Å². The number of carbonyl (C=O) groups is 3. The van der Waals surface area contributed by atoms with Crippen LogP contribution in [0.15, 0.2) is 30.3 Å². The van der Waals surface area contributed by atoms with E-state index in [1.54, 1.807) is 24.3 Å². The highest BCUT2D eigenvalue weighted by Crippen LogP contribution is 2.75. The lowest BCUT2D eigenvalue weighted by molar-refractivity contribution is -0.233. The van der Waals surface area contributed by atoms with Crippen LogP contribution >= 0.6 is 0 Å². The summed E-state index contributed by atoms with van der Waals surface area (Å²) in [5.74, 6) is -1.62. The number of carboxylic acids is 1. The first kappa shape index (κ1) is 22.6. The molecule has 7 atom stereocenters. The maximum atomic E-state index is 13.1. The molecule has 6 nitrogen and oxygen atoms in total. The number of esters is 1. The maximum absolute atomic E-state index is 13.1. The van der Waals surface area contributed by atoms with Gasteiger partial charge in [-0.1, -0.05) is 38.5 Å². The van der Waals surface area contributed by atoms with Gasteiger partial charge in [0.05, 0.1) is 17.6 Å². The number of hydrogen-bond donors (Lipinski definition) is 2. The van der Waals surface area contributed by atoms with Gasteiger partial charge >= 0.3 is 11.9 Å². The number of Topliss-reactive ketones (excluding diaryl/α,β-unsaturated/α-hetero) is 1. The Labute approximate surface area is 194 Å². The van der Waals surface area contributed by atoms with Crippen LogP contribution in [0.5, 0.6) is 0 Å². The SMILES string of the molecule is C[C@]12CC[C@]3(C1)[C@H](CC2=O)C[C@@H](OC(=O)c1ccccc1)[C@H]1[C@@](CO)(C(=O)O)CCC[C@@]13C. The third-order valence-corrected chi connectivity index (χ3v) is 10.3. The molecule has 6 heteroatoms. The standard InChI is InChI=1S/C27H34O6/c1-24-11-12-27(15-24)18(14-20(24)29)13-19(33-22(30)17-7-4-3-5-8-17)21-25(27,2)9-6-10-26(21,16-28)23(31)32/h3-5,7-8,18-19,21,28H,6,9-16H2,1-2H3,(H,31,32)/t18-,19+,21+,24-,25-,26+,27-/m0/s1. The molecule has 5 rings (SSSR count). The Kier molecular flexibility index (Phi) is 5.06. The molecule has 0 amide bonds. The molecule has 0 unspecified atom stereocenters. The third-order valence-electron chi connectivity index (χ3n) is 10.3. The summed E-state index contributed by atoms with van der Waals surface area (Å²) < 4.78 is 6.11. The molecule has 4 saturated carbocycles. The average Bonchev–Trinajstić information content (AvgIpc) is 3.13. The van der Waals surface area contributed by atoms with Gasteiger partial charge in [-0.05, 0) is 67.4 Å². The van der Waals surface area contributed by atoms with Crippen LogP contribution < -0.4 is 0 Å². The fourth-order valence-corrected chi connectivity index (χ4v) is 8.70. The predicted molar refractivity (Wildman–Crippen MR) is 120 cm³/mol. The predicted octanol–water partition coefficient (Wildman–Crippen LogP) is 4.25. The van der Waals surface area contributed by atoms with E-state index in [0.29, 0.717) is 37.0 Å². The number of hydrogen-bond acceptors (Lipinski definition) is 5. The third kappa shape index (κ3) is 2.92. The zero-order valence-corrected chi connectivity index (χ0v) is 19.5. The first-order valence-corrected chi connectivity index (χ1v) is 12.3. The van der Waals surface area contributed by atoms with Gasteiger partial charge < -0.3 is 14.9 Å². The van der Waals surface area contributed by atoms with Crippen molar-refractivity contribution in [2.45, 2.75) is 71.3 Å². The fraction of sp³-hybridized carbons (Fsp3) is 0.667. The molecule has 0 heterocycles. The Balaban J connectivity index is 1.62. The number of fused-ring (bicyclic) bond motifs is 2. The Morgan fingerprint density at radius 2 is 1.82 bits per heavy atom. The van der Waals surface area contributed by atoms with Crippen molar-refractivity contribution in [2.75, 3.05) is 6.61 Å². The lowest BCUT2D eigenvalue weighted by Gasteiger charge is -2.67. The number of carboxylic acid groups (broad SMARTS) is 1. The van der Waals surface area contributed by atoms with Crippen LogP contribution in [0.25, 0.3) is 0 Å². The lowest BCUT2D eigenvalue weighted by Crippen LogP contribution is -2.67. The van der Waals surface area contributed by atoms with Crippen LogP contribution in [0.4, 0.5) is 0 Å². The fourth-order valence-electron chi connectivity index (χ4n) is 8.70. The second-order valence-electron chi connectivity index (χ2n) is 11.6. The normalized spacial score (nSPS) is 44.0. The summed E-state index contributed by atoms with van der Waals surface area (Å²) in [4.78, 5) is 38.9. The second kappa shape index (κ2) is 7.39. The van der Waals surface area contributed by atoms with Crippen molar-refractivity contribution >= 4 is 17.7 Å². The molecular weight excluding hydrogens is 420 g/mol. The molecule has 1 spiro atoms. The van der Waals surface area contributed by atoms with Crippen LogP contribution in [-0.4, -0.2) is 40.6 Å². The van der Waals surface area contributed by atoms with Gasteiger partial charge in [0.2, 0.25) is 0 Å². The number of aliphatic hydroxyl groups is 1. The monoisotopic (exact) mass is 454 g/mol. The molecule has 1 aromatic rings. The van der Waals surface area contributed by atoms with Crippen LogP contribution in [-0.2, 0) is 14.3 Å². The van der Waals surface area contributed by atoms with Crippen LogP contribution in [0.2, 0.25) is 0 Å². The molecular formula is C27H34O6. The Morgan fingerprint density at radius 1 is 1.09 bits per heavy atom. The highest BCUT2D eigenvalue weighted by Gasteiger charge is 2.74. The summed E-state index contributed by atoms with van der Waals surface area (Å²) in [5.41, 5.74) is -1.87. The average molecular weight is 455 g/mol. The highest BCUT2D eigenvalue weighted by atomic mass is 16.5. The molecule has 0 radical (unpaired) electrons. The number of carbonyl (C=O) groups excluding carboxylic acids is 2. The van der Waals surface area contributed by atoms with Gasteiger partial charge in [-0.25, -0.2) is 4.79 Å². The summed E-state index contributed by atoms with van der Waals surface area (Å²) >= 11 is 0. The molecule has 0 saturated heterocycles. The summed E-state index contributed by atoms with van der Waals surface area (Å²) in [5, 5.41) is 20.9. The van der Waals surface area contributed by atoms with Crippen molar-refractivity contribution in [3.63, 3.8) is 0 Å². The molecule has 178 valence electrons. The Bertz CT molecular complexity index is 990. The Morgan fingerprint density at radius 3 is 2.48 bits per heavy atom. The quantitative estimate of drug-likeness (QED) is 0.660. The maximum Gasteiger partial charge on any atom is 0.338 e. The van der Waals surface area contributed by atoms with Gasteiger partial charge in [-0.3, -0.25) is 9.59 Å². The number of aliphatic hydroxyl groups excluding tert-OH is 1. The topological polar surface area (TPSA) is 101 Å². The molecule has 4 aliphatic rings. The zero-order chi connectivity index (χ0) is 23.6. The number of ketones is 1. The molecule has 4 fully saturated rings. The molecule has 4 aliphatic carbocycles. The molecule has 2 bridgehead atoms. The second-order valence-corrected chi connectivity index (χ2v) is 11.6. The largest absolute Gasteiger partial charge is 0.481 e. The number of aliphatic carboxylic acids is 1. The van der Waals surface area contributed by atoms with Crippen LogP contribution in [0.1, 0.15) is 75.6 Å². The molecule has 0 aromatic heterocycles. The Hall–Kier alpha value is -2.21. The first-order chi connectivity index (χ1) is 15.6. The van der Waals surface area contributed by atoms with Gasteiger partial charge in [0.1, 0.15) is 11.9 Å². The smallest absolute Gasteiger partial charge is 0.338 e. The van der Waals surface area contributed by atoms with Crippen molar-refractivity contribution in [2.24, 2.45) is 33.5 Å². The number of benzene rings is 1. The summed E-state index contributed by atoms with van der Waals surface area (Å²) in [6.45, 7) is 3.76. The van der Waals surface area contributed by atoms with Crippen LogP contribution in [0, 0.1) is 33.5 Å². The summed E-state index contributed by atoms with van der Waals surface area (Å²) in [7, 11) is 0. The van der Waals surface area contributed by atoms with Gasteiger partial charge in [0, 0.05) is 17.8 Å². The zero-order valence-electron chi connectivity index (χ0n) is 19.5. The van der Waals surface area contributed by atoms with E-state index in [-0.39, 0.29) is 16.7 Å². The minimum absolute atomic E-state index is 0.0682. The summed E-state index contributed by atoms with van der Waals surface area (Å²) in [6, 6.07) is 8.74. The minimum atomic E-state index is -1.35. The van der Waals surface area contributed by atoms with E-state index in [9.17, 15) is 24.6 Å².